The first kappa shape index (κ1) is 14.1. The molecule has 1 saturated carbocycles. The zero-order valence-electron chi connectivity index (χ0n) is 11.2. The van der Waals surface area contributed by atoms with Crippen molar-refractivity contribution in [1.82, 2.24) is 10.3 Å². The van der Waals surface area contributed by atoms with E-state index in [0.717, 1.165) is 32.1 Å². The van der Waals surface area contributed by atoms with E-state index in [1.165, 1.54) is 5.56 Å². The van der Waals surface area contributed by atoms with Gasteiger partial charge in [-0.2, -0.15) is 0 Å². The summed E-state index contributed by atoms with van der Waals surface area (Å²) in [4.78, 5) is 15.0. The van der Waals surface area contributed by atoms with Crippen LogP contribution in [0.5, 0.6) is 0 Å². The predicted octanol–water partition coefficient (Wildman–Crippen LogP) is 0.553. The van der Waals surface area contributed by atoms with Crippen LogP contribution in [0.3, 0.4) is 0 Å². The van der Waals surface area contributed by atoms with Gasteiger partial charge in [-0.25, -0.2) is 0 Å². The molecule has 1 aromatic rings. The Morgan fingerprint density at radius 3 is 2.84 bits per heavy atom. The molecule has 0 saturated heterocycles. The van der Waals surface area contributed by atoms with Crippen molar-refractivity contribution < 1.29 is 9.90 Å². The van der Waals surface area contributed by atoms with Crippen molar-refractivity contribution in [3.8, 4) is 0 Å². The number of H-pyrrole nitrogens is 1. The number of nitrogens with two attached hydrogens (primary N) is 1. The Balaban J connectivity index is 1.70. The minimum absolute atomic E-state index is 0.00876. The van der Waals surface area contributed by atoms with E-state index in [-0.39, 0.29) is 18.4 Å². The molecule has 19 heavy (non-hydrogen) atoms. The number of rotatable bonds is 5. The van der Waals surface area contributed by atoms with Crippen molar-refractivity contribution in [2.24, 2.45) is 11.7 Å². The average molecular weight is 265 g/mol. The minimum atomic E-state index is -0.470. The molecule has 5 N–H and O–H groups in total. The van der Waals surface area contributed by atoms with Gasteiger partial charge in [0.15, 0.2) is 0 Å². The number of carbonyl (C=O) groups excluding carboxylic acids is 1. The van der Waals surface area contributed by atoms with Crippen molar-refractivity contribution in [2.45, 2.75) is 37.6 Å². The molecular weight excluding hydrogens is 242 g/mol. The third-order valence-corrected chi connectivity index (χ3v) is 4.04. The van der Waals surface area contributed by atoms with Gasteiger partial charge in [-0.1, -0.05) is 0 Å². The summed E-state index contributed by atoms with van der Waals surface area (Å²) in [5.41, 5.74) is 6.73. The van der Waals surface area contributed by atoms with Crippen LogP contribution in [0.15, 0.2) is 18.5 Å². The Hall–Kier alpha value is -1.33. The molecule has 0 aromatic carbocycles. The summed E-state index contributed by atoms with van der Waals surface area (Å²) in [7, 11) is 0. The molecular formula is C14H23N3O2. The molecule has 1 aliphatic carbocycles. The Morgan fingerprint density at radius 2 is 2.26 bits per heavy atom. The molecule has 5 nitrogen and oxygen atoms in total. The Bertz CT molecular complexity index is 395. The molecule has 0 spiro atoms. The standard InChI is InChI=1S/C14H23N3O2/c15-14(10-18)5-1-12(2-6-14)13(19)17-8-4-11-3-7-16-9-11/h3,7,9,12,16,18H,1-2,4-6,8,10,15H2,(H,17,19). The van der Waals surface area contributed by atoms with E-state index in [9.17, 15) is 9.90 Å². The van der Waals surface area contributed by atoms with E-state index in [4.69, 9.17) is 5.73 Å². The van der Waals surface area contributed by atoms with E-state index in [1.54, 1.807) is 0 Å². The van der Waals surface area contributed by atoms with E-state index in [2.05, 4.69) is 10.3 Å². The minimum Gasteiger partial charge on any atom is -0.394 e. The summed E-state index contributed by atoms with van der Waals surface area (Å²) in [6.45, 7) is 0.676. The van der Waals surface area contributed by atoms with E-state index >= 15 is 0 Å². The highest BCUT2D eigenvalue weighted by Gasteiger charge is 2.33. The van der Waals surface area contributed by atoms with Crippen molar-refractivity contribution in [1.29, 1.82) is 0 Å². The van der Waals surface area contributed by atoms with Gasteiger partial charge >= 0.3 is 0 Å². The number of aromatic amines is 1. The molecule has 0 radical (unpaired) electrons. The number of hydrogen-bond acceptors (Lipinski definition) is 3. The number of aliphatic hydroxyl groups excluding tert-OH is 1. The van der Waals surface area contributed by atoms with E-state index < -0.39 is 5.54 Å². The summed E-state index contributed by atoms with van der Waals surface area (Å²) in [6, 6.07) is 2.01. The second kappa shape index (κ2) is 6.21. The maximum absolute atomic E-state index is 12.0. The van der Waals surface area contributed by atoms with Gasteiger partial charge in [-0.15, -0.1) is 0 Å². The zero-order valence-corrected chi connectivity index (χ0v) is 11.2. The van der Waals surface area contributed by atoms with Crippen LogP contribution in [0.1, 0.15) is 31.2 Å². The van der Waals surface area contributed by atoms with E-state index in [1.807, 2.05) is 18.5 Å². The number of amides is 1. The zero-order chi connectivity index (χ0) is 13.7. The van der Waals surface area contributed by atoms with Gasteiger partial charge in [0, 0.05) is 30.4 Å². The Morgan fingerprint density at radius 1 is 1.53 bits per heavy atom. The van der Waals surface area contributed by atoms with Gasteiger partial charge in [0.25, 0.3) is 0 Å². The smallest absolute Gasteiger partial charge is 0.223 e. The SMILES string of the molecule is NC1(CO)CCC(C(=O)NCCc2cc[nH]c2)CC1. The maximum atomic E-state index is 12.0. The first-order valence-corrected chi connectivity index (χ1v) is 6.92. The normalized spacial score (nSPS) is 27.2. The number of nitrogens with one attached hydrogen (secondary N) is 2. The van der Waals surface area contributed by atoms with Gasteiger partial charge in [0.05, 0.1) is 6.61 Å². The number of aliphatic hydroxyl groups is 1. The first-order valence-electron chi connectivity index (χ1n) is 6.92. The Kier molecular flexibility index (Phi) is 4.61. The molecule has 2 rings (SSSR count). The van der Waals surface area contributed by atoms with Crippen LogP contribution in [0.4, 0.5) is 0 Å². The van der Waals surface area contributed by atoms with Crippen molar-refractivity contribution in [3.63, 3.8) is 0 Å². The van der Waals surface area contributed by atoms with Gasteiger partial charge < -0.3 is 21.1 Å². The summed E-state index contributed by atoms with van der Waals surface area (Å²) >= 11 is 0. The lowest BCUT2D eigenvalue weighted by atomic mass is 9.77. The fourth-order valence-electron chi connectivity index (χ4n) is 2.60. The summed E-state index contributed by atoms with van der Waals surface area (Å²) < 4.78 is 0. The topological polar surface area (TPSA) is 91.1 Å². The molecule has 0 aliphatic heterocycles. The number of hydrogen-bond donors (Lipinski definition) is 4. The second-order valence-electron chi connectivity index (χ2n) is 5.56. The molecule has 1 fully saturated rings. The van der Waals surface area contributed by atoms with Crippen molar-refractivity contribution >= 4 is 5.91 Å². The van der Waals surface area contributed by atoms with Crippen LogP contribution >= 0.6 is 0 Å². The van der Waals surface area contributed by atoms with Gasteiger partial charge in [0.1, 0.15) is 0 Å². The van der Waals surface area contributed by atoms with Crippen LogP contribution in [-0.4, -0.2) is 34.7 Å². The van der Waals surface area contributed by atoms with E-state index in [0.29, 0.717) is 6.54 Å². The van der Waals surface area contributed by atoms with Crippen LogP contribution in [0.25, 0.3) is 0 Å². The highest BCUT2D eigenvalue weighted by molar-refractivity contribution is 5.78. The van der Waals surface area contributed by atoms with Crippen LogP contribution in [-0.2, 0) is 11.2 Å². The lowest BCUT2D eigenvalue weighted by Gasteiger charge is -2.35. The highest BCUT2D eigenvalue weighted by atomic mass is 16.3. The molecule has 0 bridgehead atoms. The fourth-order valence-corrected chi connectivity index (χ4v) is 2.60. The quantitative estimate of drug-likeness (QED) is 0.626. The number of carbonyl (C=O) groups is 1. The molecule has 0 atom stereocenters. The van der Waals surface area contributed by atoms with Crippen molar-refractivity contribution in [3.05, 3.63) is 24.0 Å². The monoisotopic (exact) mass is 265 g/mol. The molecule has 1 heterocycles. The molecule has 1 amide bonds. The lowest BCUT2D eigenvalue weighted by Crippen LogP contribution is -2.48. The molecule has 106 valence electrons. The Labute approximate surface area is 113 Å². The summed E-state index contributed by atoms with van der Waals surface area (Å²) in [5.74, 6) is 0.171. The fraction of sp³-hybridized carbons (Fsp3) is 0.643. The van der Waals surface area contributed by atoms with Gasteiger partial charge in [-0.3, -0.25) is 4.79 Å². The third kappa shape index (κ3) is 3.81. The molecule has 1 aliphatic rings. The lowest BCUT2D eigenvalue weighted by molar-refractivity contribution is -0.126. The maximum Gasteiger partial charge on any atom is 0.223 e. The predicted molar refractivity (Wildman–Crippen MR) is 73.5 cm³/mol. The summed E-state index contributed by atoms with van der Waals surface area (Å²) in [5, 5.41) is 12.2. The van der Waals surface area contributed by atoms with Gasteiger partial charge in [-0.05, 0) is 43.7 Å². The van der Waals surface area contributed by atoms with Crippen molar-refractivity contribution in [2.75, 3.05) is 13.2 Å². The first-order chi connectivity index (χ1) is 9.13. The highest BCUT2D eigenvalue weighted by Crippen LogP contribution is 2.30. The van der Waals surface area contributed by atoms with Crippen LogP contribution in [0.2, 0.25) is 0 Å². The second-order valence-corrected chi connectivity index (χ2v) is 5.56. The van der Waals surface area contributed by atoms with Gasteiger partial charge in [0.2, 0.25) is 5.91 Å². The summed E-state index contributed by atoms with van der Waals surface area (Å²) in [6.07, 6.45) is 7.66. The van der Waals surface area contributed by atoms with Crippen LogP contribution < -0.4 is 11.1 Å². The van der Waals surface area contributed by atoms with Crippen LogP contribution in [0, 0.1) is 5.92 Å². The molecule has 5 heteroatoms. The molecule has 1 aromatic heterocycles. The molecule has 0 unspecified atom stereocenters. The average Bonchev–Trinajstić information content (AvgIpc) is 2.92. The third-order valence-electron chi connectivity index (χ3n) is 4.04. The number of aromatic nitrogens is 1. The largest absolute Gasteiger partial charge is 0.394 e.